The highest BCUT2D eigenvalue weighted by Gasteiger charge is 2.38. The molecular formula is C14H26N2O3. The Labute approximate surface area is 115 Å². The van der Waals surface area contributed by atoms with Crippen molar-refractivity contribution in [2.24, 2.45) is 11.7 Å². The molecule has 0 spiro atoms. The molecule has 2 fully saturated rings. The fourth-order valence-electron chi connectivity index (χ4n) is 3.15. The number of hydrogen-bond acceptors (Lipinski definition) is 4. The van der Waals surface area contributed by atoms with Gasteiger partial charge >= 0.3 is 0 Å². The van der Waals surface area contributed by atoms with Crippen molar-refractivity contribution in [2.75, 3.05) is 32.8 Å². The molecule has 0 bridgehead atoms. The van der Waals surface area contributed by atoms with E-state index in [1.165, 1.54) is 19.3 Å². The summed E-state index contributed by atoms with van der Waals surface area (Å²) in [6.45, 7) is 4.11. The topological polar surface area (TPSA) is 75.8 Å². The molecular weight excluding hydrogens is 244 g/mol. The van der Waals surface area contributed by atoms with Crippen molar-refractivity contribution >= 4 is 5.91 Å². The van der Waals surface area contributed by atoms with Crippen molar-refractivity contribution in [1.82, 2.24) is 4.90 Å². The molecule has 2 heterocycles. The Balaban J connectivity index is 1.69. The molecule has 0 aromatic rings. The normalized spacial score (nSPS) is 30.4. The minimum atomic E-state index is -1.31. The molecule has 0 aliphatic carbocycles. The Bertz CT molecular complexity index is 305. The third-order valence-electron chi connectivity index (χ3n) is 4.44. The van der Waals surface area contributed by atoms with Crippen LogP contribution in [0.4, 0.5) is 0 Å². The van der Waals surface area contributed by atoms with Crippen LogP contribution in [-0.4, -0.2) is 54.4 Å². The molecule has 2 saturated heterocycles. The van der Waals surface area contributed by atoms with E-state index in [1.54, 1.807) is 0 Å². The van der Waals surface area contributed by atoms with Crippen LogP contribution in [0.2, 0.25) is 0 Å². The highest BCUT2D eigenvalue weighted by Crippen LogP contribution is 2.23. The molecule has 2 aliphatic heterocycles. The third-order valence-corrected chi connectivity index (χ3v) is 4.44. The first-order valence-corrected chi connectivity index (χ1v) is 7.42. The van der Waals surface area contributed by atoms with E-state index in [0.717, 1.165) is 45.1 Å². The van der Waals surface area contributed by atoms with Crippen molar-refractivity contribution in [2.45, 2.75) is 44.1 Å². The van der Waals surface area contributed by atoms with Crippen LogP contribution in [-0.2, 0) is 9.53 Å². The van der Waals surface area contributed by atoms with Crippen molar-refractivity contribution < 1.29 is 14.6 Å². The lowest BCUT2D eigenvalue weighted by atomic mass is 9.91. The summed E-state index contributed by atoms with van der Waals surface area (Å²) in [5.41, 5.74) is 3.97. The minimum Gasteiger partial charge on any atom is -0.381 e. The van der Waals surface area contributed by atoms with Crippen LogP contribution in [0.3, 0.4) is 0 Å². The number of hydrogen-bond donors (Lipinski definition) is 2. The number of likely N-dealkylation sites (tertiary alicyclic amines) is 1. The summed E-state index contributed by atoms with van der Waals surface area (Å²) in [5, 5.41) is 10.1. The summed E-state index contributed by atoms with van der Waals surface area (Å²) in [6.07, 6.45) is 6.03. The molecule has 110 valence electrons. The van der Waals surface area contributed by atoms with Gasteiger partial charge in [0.25, 0.3) is 5.91 Å². The van der Waals surface area contributed by atoms with Gasteiger partial charge in [-0.1, -0.05) is 0 Å². The second kappa shape index (κ2) is 6.68. The summed E-state index contributed by atoms with van der Waals surface area (Å²) < 4.78 is 5.35. The quantitative estimate of drug-likeness (QED) is 0.763. The number of ether oxygens (including phenoxy) is 1. The zero-order valence-electron chi connectivity index (χ0n) is 11.6. The maximum absolute atomic E-state index is 11.3. The van der Waals surface area contributed by atoms with Crippen LogP contribution in [0.1, 0.15) is 38.5 Å². The van der Waals surface area contributed by atoms with Crippen molar-refractivity contribution in [3.05, 3.63) is 0 Å². The first kappa shape index (κ1) is 14.8. The fourth-order valence-corrected chi connectivity index (χ4v) is 3.15. The number of primary amides is 1. The summed E-state index contributed by atoms with van der Waals surface area (Å²) in [6, 6.07) is 0. The summed E-state index contributed by atoms with van der Waals surface area (Å²) in [4.78, 5) is 13.4. The zero-order valence-corrected chi connectivity index (χ0v) is 11.6. The lowest BCUT2D eigenvalue weighted by molar-refractivity contribution is -0.142. The Morgan fingerprint density at radius 3 is 2.84 bits per heavy atom. The molecule has 0 aromatic carbocycles. The van der Waals surface area contributed by atoms with E-state index < -0.39 is 11.5 Å². The van der Waals surface area contributed by atoms with Crippen LogP contribution in [0.5, 0.6) is 0 Å². The van der Waals surface area contributed by atoms with Gasteiger partial charge in [-0.15, -0.1) is 0 Å². The van der Waals surface area contributed by atoms with Crippen molar-refractivity contribution in [3.63, 3.8) is 0 Å². The number of aliphatic hydroxyl groups is 1. The average Bonchev–Trinajstić information content (AvgIpc) is 2.40. The second-order valence-electron chi connectivity index (χ2n) is 5.97. The number of nitrogens with two attached hydrogens (primary N) is 1. The van der Waals surface area contributed by atoms with E-state index in [0.29, 0.717) is 13.0 Å². The maximum atomic E-state index is 11.3. The summed E-state index contributed by atoms with van der Waals surface area (Å²) in [5.74, 6) is 0.204. The van der Waals surface area contributed by atoms with Gasteiger partial charge in [0.2, 0.25) is 0 Å². The standard InChI is InChI=1S/C14H26N2O3/c15-13(17)14(18)6-2-8-16(11-14)7-1-3-12-4-9-19-10-5-12/h12,18H,1-11H2,(H2,15,17). The lowest BCUT2D eigenvalue weighted by Gasteiger charge is -2.37. The predicted octanol–water partition coefficient (Wildman–Crippen LogP) is 0.505. The Morgan fingerprint density at radius 1 is 1.42 bits per heavy atom. The highest BCUT2D eigenvalue weighted by atomic mass is 16.5. The van der Waals surface area contributed by atoms with Gasteiger partial charge in [-0.25, -0.2) is 0 Å². The number of β-amino-alcohol motifs (C(OH)–C–C–N with tert-alkyl or cyclic N) is 1. The van der Waals surface area contributed by atoms with Crippen LogP contribution < -0.4 is 5.73 Å². The molecule has 1 unspecified atom stereocenters. The predicted molar refractivity (Wildman–Crippen MR) is 72.6 cm³/mol. The Morgan fingerprint density at radius 2 is 2.16 bits per heavy atom. The van der Waals surface area contributed by atoms with Crippen molar-refractivity contribution in [3.8, 4) is 0 Å². The van der Waals surface area contributed by atoms with E-state index in [9.17, 15) is 9.90 Å². The van der Waals surface area contributed by atoms with Crippen LogP contribution >= 0.6 is 0 Å². The summed E-state index contributed by atoms with van der Waals surface area (Å²) >= 11 is 0. The Kier molecular flexibility index (Phi) is 5.19. The van der Waals surface area contributed by atoms with Gasteiger partial charge in [-0.3, -0.25) is 9.69 Å². The molecule has 5 heteroatoms. The van der Waals surface area contributed by atoms with E-state index >= 15 is 0 Å². The van der Waals surface area contributed by atoms with Crippen LogP contribution in [0, 0.1) is 5.92 Å². The molecule has 2 rings (SSSR count). The number of carbonyl (C=O) groups excluding carboxylic acids is 1. The fraction of sp³-hybridized carbons (Fsp3) is 0.929. The van der Waals surface area contributed by atoms with Crippen LogP contribution in [0.15, 0.2) is 0 Å². The first-order chi connectivity index (χ1) is 9.10. The van der Waals surface area contributed by atoms with E-state index in [-0.39, 0.29) is 0 Å². The molecule has 0 saturated carbocycles. The van der Waals surface area contributed by atoms with E-state index in [1.807, 2.05) is 0 Å². The molecule has 2 aliphatic rings. The molecule has 0 radical (unpaired) electrons. The number of nitrogens with zero attached hydrogens (tertiary/aromatic N) is 1. The number of amides is 1. The third kappa shape index (κ3) is 4.16. The smallest absolute Gasteiger partial charge is 0.250 e. The van der Waals surface area contributed by atoms with Gasteiger partial charge in [0.05, 0.1) is 0 Å². The number of piperidine rings is 1. The average molecular weight is 270 g/mol. The van der Waals surface area contributed by atoms with Gasteiger partial charge in [-0.2, -0.15) is 0 Å². The Hall–Kier alpha value is -0.650. The molecule has 1 amide bonds. The summed E-state index contributed by atoms with van der Waals surface area (Å²) in [7, 11) is 0. The molecule has 0 aromatic heterocycles. The second-order valence-corrected chi connectivity index (χ2v) is 5.97. The highest BCUT2D eigenvalue weighted by molar-refractivity contribution is 5.83. The largest absolute Gasteiger partial charge is 0.381 e. The monoisotopic (exact) mass is 270 g/mol. The minimum absolute atomic E-state index is 0.399. The lowest BCUT2D eigenvalue weighted by Crippen LogP contribution is -2.55. The van der Waals surface area contributed by atoms with Crippen molar-refractivity contribution in [1.29, 1.82) is 0 Å². The van der Waals surface area contributed by atoms with Gasteiger partial charge in [0, 0.05) is 19.8 Å². The van der Waals surface area contributed by atoms with Gasteiger partial charge in [0.1, 0.15) is 0 Å². The van der Waals surface area contributed by atoms with Gasteiger partial charge < -0.3 is 15.6 Å². The zero-order chi connectivity index (χ0) is 13.7. The van der Waals surface area contributed by atoms with Gasteiger partial charge in [0.15, 0.2) is 5.60 Å². The molecule has 19 heavy (non-hydrogen) atoms. The van der Waals surface area contributed by atoms with Gasteiger partial charge in [-0.05, 0) is 57.5 Å². The van der Waals surface area contributed by atoms with Crippen LogP contribution in [0.25, 0.3) is 0 Å². The molecule has 1 atom stereocenters. The molecule has 3 N–H and O–H groups in total. The van der Waals surface area contributed by atoms with E-state index in [2.05, 4.69) is 4.90 Å². The maximum Gasteiger partial charge on any atom is 0.250 e. The van der Waals surface area contributed by atoms with E-state index in [4.69, 9.17) is 10.5 Å². The number of rotatable bonds is 5. The molecule has 5 nitrogen and oxygen atoms in total. The SMILES string of the molecule is NC(=O)C1(O)CCCN(CCCC2CCOCC2)C1. The first-order valence-electron chi connectivity index (χ1n) is 7.42. The number of carbonyl (C=O) groups is 1.